The predicted molar refractivity (Wildman–Crippen MR) is 114 cm³/mol. The summed E-state index contributed by atoms with van der Waals surface area (Å²) in [4.78, 5) is 29.2. The van der Waals surface area contributed by atoms with Crippen molar-refractivity contribution in [1.29, 1.82) is 5.26 Å². The van der Waals surface area contributed by atoms with E-state index in [1.165, 1.54) is 17.8 Å². The first-order valence-electron chi connectivity index (χ1n) is 9.90. The van der Waals surface area contributed by atoms with Gasteiger partial charge in [0.15, 0.2) is 5.69 Å². The Morgan fingerprint density at radius 3 is 2.52 bits per heavy atom. The molecule has 8 nitrogen and oxygen atoms in total. The molecule has 0 unspecified atom stereocenters. The highest BCUT2D eigenvalue weighted by molar-refractivity contribution is 6.04. The Hall–Kier alpha value is -3.77. The number of carbonyl (C=O) groups is 1. The molecule has 1 saturated heterocycles. The molecule has 158 valence electrons. The van der Waals surface area contributed by atoms with Crippen molar-refractivity contribution in [2.24, 2.45) is 0 Å². The van der Waals surface area contributed by atoms with Gasteiger partial charge in [0.05, 0.1) is 29.4 Å². The van der Waals surface area contributed by atoms with Crippen LogP contribution in [0.15, 0.2) is 47.3 Å². The van der Waals surface area contributed by atoms with Crippen molar-refractivity contribution in [3.63, 3.8) is 0 Å². The molecule has 0 saturated carbocycles. The molecular weight excluding hydrogens is 399 g/mol. The van der Waals surface area contributed by atoms with E-state index in [-0.39, 0.29) is 29.4 Å². The Kier molecular flexibility index (Phi) is 5.64. The summed E-state index contributed by atoms with van der Waals surface area (Å²) >= 11 is 0. The van der Waals surface area contributed by atoms with E-state index in [1.807, 2.05) is 15.9 Å². The number of benzene rings is 2. The van der Waals surface area contributed by atoms with Crippen molar-refractivity contribution >= 4 is 22.4 Å². The number of piperazine rings is 1. The molecule has 0 bridgehead atoms. The standard InChI is InChI=1S/C22H21FN6O2/c1-25-21(30)20-16-4-2-3-5-17(16)22(31)29(26-20)14-27-8-10-28(11-9-27)19-7-6-15(13-24)12-18(19)23/h2-7,12H,8-11,14H2,1H3,(H,25,30). The number of amides is 1. The zero-order chi connectivity index (χ0) is 22.0. The number of carbonyl (C=O) groups excluding carboxylic acids is 1. The molecule has 2 aromatic carbocycles. The SMILES string of the molecule is CNC(=O)c1nn(CN2CCN(c3ccc(C#N)cc3F)CC2)c(=O)c2ccccc12. The molecule has 4 rings (SSSR count). The zero-order valence-corrected chi connectivity index (χ0v) is 17.0. The zero-order valence-electron chi connectivity index (χ0n) is 17.0. The van der Waals surface area contributed by atoms with Crippen LogP contribution in [0.2, 0.25) is 0 Å². The predicted octanol–water partition coefficient (Wildman–Crippen LogP) is 1.55. The van der Waals surface area contributed by atoms with Crippen molar-refractivity contribution in [3.05, 3.63) is 69.9 Å². The van der Waals surface area contributed by atoms with Crippen LogP contribution in [-0.2, 0) is 6.67 Å². The molecule has 2 heterocycles. The maximum Gasteiger partial charge on any atom is 0.275 e. The lowest BCUT2D eigenvalue weighted by Gasteiger charge is -2.36. The number of halogens is 1. The first kappa shape index (κ1) is 20.5. The normalized spacial score (nSPS) is 14.4. The van der Waals surface area contributed by atoms with E-state index >= 15 is 0 Å². The average Bonchev–Trinajstić information content (AvgIpc) is 2.81. The molecule has 1 fully saturated rings. The van der Waals surface area contributed by atoms with Crippen LogP contribution < -0.4 is 15.8 Å². The average molecular weight is 420 g/mol. The van der Waals surface area contributed by atoms with Gasteiger partial charge < -0.3 is 10.2 Å². The van der Waals surface area contributed by atoms with Gasteiger partial charge in [0.1, 0.15) is 5.82 Å². The molecule has 1 amide bonds. The van der Waals surface area contributed by atoms with Crippen molar-refractivity contribution in [3.8, 4) is 6.07 Å². The molecule has 1 aliphatic heterocycles. The minimum absolute atomic E-state index is 0.205. The fraction of sp³-hybridized carbons (Fsp3) is 0.273. The van der Waals surface area contributed by atoms with Gasteiger partial charge >= 0.3 is 0 Å². The fourth-order valence-electron chi connectivity index (χ4n) is 3.77. The molecule has 9 heteroatoms. The van der Waals surface area contributed by atoms with E-state index in [4.69, 9.17) is 5.26 Å². The third-order valence-electron chi connectivity index (χ3n) is 5.43. The largest absolute Gasteiger partial charge is 0.367 e. The molecule has 1 aromatic heterocycles. The third kappa shape index (κ3) is 3.98. The summed E-state index contributed by atoms with van der Waals surface area (Å²) < 4.78 is 15.6. The third-order valence-corrected chi connectivity index (χ3v) is 5.43. The Morgan fingerprint density at radius 2 is 1.87 bits per heavy atom. The van der Waals surface area contributed by atoms with Crippen LogP contribution in [0, 0.1) is 17.1 Å². The van der Waals surface area contributed by atoms with Crippen LogP contribution in [0.1, 0.15) is 16.1 Å². The fourth-order valence-corrected chi connectivity index (χ4v) is 3.77. The van der Waals surface area contributed by atoms with E-state index in [0.29, 0.717) is 42.6 Å². The van der Waals surface area contributed by atoms with Crippen molar-refractivity contribution < 1.29 is 9.18 Å². The van der Waals surface area contributed by atoms with Gasteiger partial charge in [-0.1, -0.05) is 18.2 Å². The van der Waals surface area contributed by atoms with Crippen LogP contribution in [-0.4, -0.2) is 53.8 Å². The number of nitrogens with zero attached hydrogens (tertiary/aromatic N) is 5. The van der Waals surface area contributed by atoms with Gasteiger partial charge in [-0.3, -0.25) is 14.5 Å². The molecule has 0 spiro atoms. The van der Waals surface area contributed by atoms with Crippen LogP contribution >= 0.6 is 0 Å². The van der Waals surface area contributed by atoms with Crippen LogP contribution in [0.4, 0.5) is 10.1 Å². The molecular formula is C22H21FN6O2. The number of anilines is 1. The van der Waals surface area contributed by atoms with Crippen LogP contribution in [0.25, 0.3) is 10.8 Å². The summed E-state index contributed by atoms with van der Waals surface area (Å²) in [7, 11) is 1.52. The van der Waals surface area contributed by atoms with Crippen LogP contribution in [0.5, 0.6) is 0 Å². The quantitative estimate of drug-likeness (QED) is 0.688. The molecule has 1 aliphatic rings. The number of rotatable bonds is 4. The van der Waals surface area contributed by atoms with E-state index in [0.717, 1.165) is 0 Å². The molecule has 1 N–H and O–H groups in total. The summed E-state index contributed by atoms with van der Waals surface area (Å²) in [5.41, 5.74) is 0.690. The number of aromatic nitrogens is 2. The number of hydrogen-bond acceptors (Lipinski definition) is 6. The first-order chi connectivity index (χ1) is 15.0. The summed E-state index contributed by atoms with van der Waals surface area (Å²) in [6, 6.07) is 13.3. The van der Waals surface area contributed by atoms with Gasteiger partial charge in [0, 0.05) is 38.6 Å². The molecule has 31 heavy (non-hydrogen) atoms. The lowest BCUT2D eigenvalue weighted by molar-refractivity contribution is 0.0955. The minimum Gasteiger partial charge on any atom is -0.367 e. The molecule has 3 aromatic rings. The minimum atomic E-state index is -0.421. The van der Waals surface area contributed by atoms with Gasteiger partial charge in [-0.05, 0) is 24.3 Å². The highest BCUT2D eigenvalue weighted by Gasteiger charge is 2.22. The topological polar surface area (TPSA) is 94.3 Å². The van der Waals surface area contributed by atoms with Gasteiger partial charge in [-0.2, -0.15) is 10.4 Å². The van der Waals surface area contributed by atoms with Gasteiger partial charge in [-0.15, -0.1) is 0 Å². The van der Waals surface area contributed by atoms with Gasteiger partial charge in [0.2, 0.25) is 0 Å². The summed E-state index contributed by atoms with van der Waals surface area (Å²) in [5, 5.41) is 16.7. The van der Waals surface area contributed by atoms with Crippen molar-refractivity contribution in [2.75, 3.05) is 38.1 Å². The number of nitrogens with one attached hydrogen (secondary N) is 1. The second-order valence-electron chi connectivity index (χ2n) is 7.30. The monoisotopic (exact) mass is 420 g/mol. The van der Waals surface area contributed by atoms with Crippen LogP contribution in [0.3, 0.4) is 0 Å². The lowest BCUT2D eigenvalue weighted by atomic mass is 10.1. The summed E-state index contributed by atoms with van der Waals surface area (Å²) in [6.45, 7) is 2.55. The number of hydrogen-bond donors (Lipinski definition) is 1. The Morgan fingerprint density at radius 1 is 1.16 bits per heavy atom. The second kappa shape index (κ2) is 8.53. The van der Waals surface area contributed by atoms with E-state index in [2.05, 4.69) is 10.4 Å². The summed E-state index contributed by atoms with van der Waals surface area (Å²) in [5.74, 6) is -0.777. The Bertz CT molecular complexity index is 1240. The summed E-state index contributed by atoms with van der Waals surface area (Å²) in [6.07, 6.45) is 0. The van der Waals surface area contributed by atoms with Crippen molar-refractivity contribution in [2.45, 2.75) is 6.67 Å². The maximum absolute atomic E-state index is 14.3. The second-order valence-corrected chi connectivity index (χ2v) is 7.30. The number of fused-ring (bicyclic) bond motifs is 1. The van der Waals surface area contributed by atoms with E-state index in [9.17, 15) is 14.0 Å². The first-order valence-corrected chi connectivity index (χ1v) is 9.90. The van der Waals surface area contributed by atoms with E-state index in [1.54, 1.807) is 36.4 Å². The highest BCUT2D eigenvalue weighted by Crippen LogP contribution is 2.22. The highest BCUT2D eigenvalue weighted by atomic mass is 19.1. The van der Waals surface area contributed by atoms with Crippen molar-refractivity contribution in [1.82, 2.24) is 20.0 Å². The smallest absolute Gasteiger partial charge is 0.275 e. The molecule has 0 radical (unpaired) electrons. The Labute approximate surface area is 178 Å². The Balaban J connectivity index is 1.54. The van der Waals surface area contributed by atoms with Gasteiger partial charge in [0.25, 0.3) is 11.5 Å². The molecule has 0 atom stereocenters. The molecule has 0 aliphatic carbocycles. The lowest BCUT2D eigenvalue weighted by Crippen LogP contribution is -2.48. The number of nitriles is 1. The van der Waals surface area contributed by atoms with Gasteiger partial charge in [-0.25, -0.2) is 9.07 Å². The van der Waals surface area contributed by atoms with E-state index < -0.39 is 5.82 Å². The maximum atomic E-state index is 14.3.